The molecule has 7 heteroatoms. The maximum Gasteiger partial charge on any atom is 0.240 e. The van der Waals surface area contributed by atoms with Crippen molar-refractivity contribution in [1.82, 2.24) is 14.9 Å². The van der Waals surface area contributed by atoms with Gasteiger partial charge in [0.05, 0.1) is 6.04 Å². The van der Waals surface area contributed by atoms with Gasteiger partial charge in [0.25, 0.3) is 0 Å². The van der Waals surface area contributed by atoms with E-state index in [2.05, 4.69) is 27.9 Å². The average Bonchev–Trinajstić information content (AvgIpc) is 3.12. The van der Waals surface area contributed by atoms with Crippen LogP contribution >= 0.6 is 11.8 Å². The molecule has 0 saturated carbocycles. The number of carbonyl (C=O) groups is 1. The van der Waals surface area contributed by atoms with Crippen molar-refractivity contribution in [1.29, 1.82) is 0 Å². The van der Waals surface area contributed by atoms with Crippen molar-refractivity contribution in [2.24, 2.45) is 0 Å². The standard InChI is InChI=1S/C21H23N5OS/c1-3-7-17-23-24-21-26(17)25-18(15-8-5-4-6-9-15)19(28-21)20(27)22-16-12-10-14(2)11-13-16/h4-6,8-13,18-19,25H,3,7H2,1-2H3,(H,22,27)/t18-,19+/m1/s1. The molecule has 6 nitrogen and oxygen atoms in total. The summed E-state index contributed by atoms with van der Waals surface area (Å²) in [6, 6.07) is 17.7. The van der Waals surface area contributed by atoms with Crippen LogP contribution in [0.3, 0.4) is 0 Å². The van der Waals surface area contributed by atoms with Gasteiger partial charge in [-0.3, -0.25) is 4.79 Å². The number of anilines is 1. The van der Waals surface area contributed by atoms with E-state index in [9.17, 15) is 4.79 Å². The molecule has 1 aromatic heterocycles. The lowest BCUT2D eigenvalue weighted by molar-refractivity contribution is -0.116. The molecule has 4 rings (SSSR count). The van der Waals surface area contributed by atoms with Crippen LogP contribution in [0.25, 0.3) is 0 Å². The molecule has 2 aromatic carbocycles. The Hall–Kier alpha value is -2.80. The van der Waals surface area contributed by atoms with E-state index < -0.39 is 0 Å². The maximum atomic E-state index is 13.1. The molecule has 0 spiro atoms. The third-order valence-electron chi connectivity index (χ3n) is 4.71. The second-order valence-corrected chi connectivity index (χ2v) is 8.00. The maximum absolute atomic E-state index is 13.1. The van der Waals surface area contributed by atoms with Crippen LogP contribution in [0.4, 0.5) is 5.69 Å². The fourth-order valence-corrected chi connectivity index (χ4v) is 4.34. The number of thioether (sulfide) groups is 1. The lowest BCUT2D eigenvalue weighted by Crippen LogP contribution is -2.41. The lowest BCUT2D eigenvalue weighted by atomic mass is 10.0. The molecule has 28 heavy (non-hydrogen) atoms. The first-order valence-electron chi connectivity index (χ1n) is 9.45. The number of fused-ring (bicyclic) bond motifs is 1. The highest BCUT2D eigenvalue weighted by molar-refractivity contribution is 8.00. The van der Waals surface area contributed by atoms with Gasteiger partial charge in [-0.05, 0) is 31.0 Å². The minimum absolute atomic E-state index is 0.0542. The van der Waals surface area contributed by atoms with Crippen LogP contribution in [0.5, 0.6) is 0 Å². The highest BCUT2D eigenvalue weighted by Crippen LogP contribution is 2.37. The number of aromatic nitrogens is 3. The number of hydrogen-bond acceptors (Lipinski definition) is 5. The van der Waals surface area contributed by atoms with Crippen molar-refractivity contribution in [3.05, 3.63) is 71.5 Å². The highest BCUT2D eigenvalue weighted by Gasteiger charge is 2.37. The number of hydrogen-bond donors (Lipinski definition) is 2. The molecule has 3 aromatic rings. The minimum atomic E-state index is -0.366. The third kappa shape index (κ3) is 3.75. The molecule has 0 radical (unpaired) electrons. The first-order chi connectivity index (χ1) is 13.7. The van der Waals surface area contributed by atoms with Crippen LogP contribution in [0.15, 0.2) is 59.8 Å². The molecule has 0 fully saturated rings. The largest absolute Gasteiger partial charge is 0.325 e. The van der Waals surface area contributed by atoms with E-state index in [4.69, 9.17) is 0 Å². The van der Waals surface area contributed by atoms with Gasteiger partial charge in [0.2, 0.25) is 11.1 Å². The summed E-state index contributed by atoms with van der Waals surface area (Å²) in [6.07, 6.45) is 1.82. The van der Waals surface area contributed by atoms with Gasteiger partial charge in [0.15, 0.2) is 5.82 Å². The van der Waals surface area contributed by atoms with E-state index in [0.29, 0.717) is 0 Å². The Kier molecular flexibility index (Phi) is 5.34. The number of benzene rings is 2. The van der Waals surface area contributed by atoms with Gasteiger partial charge in [0.1, 0.15) is 5.25 Å². The van der Waals surface area contributed by atoms with E-state index in [1.165, 1.54) is 11.8 Å². The first-order valence-corrected chi connectivity index (χ1v) is 10.3. The van der Waals surface area contributed by atoms with E-state index in [1.54, 1.807) is 0 Å². The molecule has 0 unspecified atom stereocenters. The molecular formula is C21H23N5OS. The van der Waals surface area contributed by atoms with Crippen molar-refractivity contribution >= 4 is 23.4 Å². The Bertz CT molecular complexity index is 955. The number of aryl methyl sites for hydroxylation is 2. The molecule has 1 aliphatic rings. The summed E-state index contributed by atoms with van der Waals surface area (Å²) in [5, 5.41) is 12.0. The Morgan fingerprint density at radius 3 is 2.61 bits per heavy atom. The number of nitrogens with zero attached hydrogens (tertiary/aromatic N) is 3. The lowest BCUT2D eigenvalue weighted by Gasteiger charge is -2.33. The normalized spacial score (nSPS) is 18.2. The zero-order valence-electron chi connectivity index (χ0n) is 15.9. The number of nitrogens with one attached hydrogen (secondary N) is 2. The molecule has 1 amide bonds. The second-order valence-electron chi connectivity index (χ2n) is 6.90. The van der Waals surface area contributed by atoms with Crippen molar-refractivity contribution in [2.75, 3.05) is 10.7 Å². The van der Waals surface area contributed by atoms with E-state index >= 15 is 0 Å². The predicted octanol–water partition coefficient (Wildman–Crippen LogP) is 3.94. The van der Waals surface area contributed by atoms with Crippen LogP contribution < -0.4 is 10.7 Å². The van der Waals surface area contributed by atoms with Gasteiger partial charge in [-0.15, -0.1) is 10.2 Å². The molecule has 0 bridgehead atoms. The third-order valence-corrected chi connectivity index (χ3v) is 5.93. The molecule has 0 saturated heterocycles. The van der Waals surface area contributed by atoms with Crippen molar-refractivity contribution in [3.8, 4) is 0 Å². The van der Waals surface area contributed by atoms with Gasteiger partial charge in [0, 0.05) is 12.1 Å². The number of rotatable bonds is 5. The monoisotopic (exact) mass is 393 g/mol. The Labute approximate surface area is 168 Å². The van der Waals surface area contributed by atoms with Crippen molar-refractivity contribution < 1.29 is 4.79 Å². The van der Waals surface area contributed by atoms with Gasteiger partial charge >= 0.3 is 0 Å². The summed E-state index contributed by atoms with van der Waals surface area (Å²) in [5.74, 6) is 0.838. The summed E-state index contributed by atoms with van der Waals surface area (Å²) in [5.41, 5.74) is 6.49. The fourth-order valence-electron chi connectivity index (χ4n) is 3.25. The van der Waals surface area contributed by atoms with Crippen molar-refractivity contribution in [2.45, 2.75) is 43.1 Å². The smallest absolute Gasteiger partial charge is 0.240 e. The van der Waals surface area contributed by atoms with Gasteiger partial charge in [-0.25, -0.2) is 4.68 Å². The van der Waals surface area contributed by atoms with E-state index in [-0.39, 0.29) is 17.2 Å². The number of amides is 1. The molecule has 2 heterocycles. The van der Waals surface area contributed by atoms with E-state index in [0.717, 1.165) is 40.6 Å². The molecule has 2 atom stereocenters. The van der Waals surface area contributed by atoms with Gasteiger partial charge < -0.3 is 10.7 Å². The second kappa shape index (κ2) is 8.06. The average molecular weight is 394 g/mol. The zero-order valence-corrected chi connectivity index (χ0v) is 16.7. The highest BCUT2D eigenvalue weighted by atomic mass is 32.2. The summed E-state index contributed by atoms with van der Waals surface area (Å²) < 4.78 is 1.93. The predicted molar refractivity (Wildman–Crippen MR) is 112 cm³/mol. The van der Waals surface area contributed by atoms with Crippen LogP contribution in [-0.2, 0) is 11.2 Å². The Morgan fingerprint density at radius 1 is 1.14 bits per heavy atom. The minimum Gasteiger partial charge on any atom is -0.325 e. The molecule has 2 N–H and O–H groups in total. The zero-order chi connectivity index (χ0) is 19.5. The molecule has 144 valence electrons. The van der Waals surface area contributed by atoms with Crippen LogP contribution in [0, 0.1) is 6.92 Å². The Balaban J connectivity index is 1.64. The SMILES string of the molecule is CCCc1nnc2n1N[C@H](c1ccccc1)[C@@H](C(=O)Nc1ccc(C)cc1)S2. The molecule has 1 aliphatic heterocycles. The molecular weight excluding hydrogens is 370 g/mol. The quantitative estimate of drug-likeness (QED) is 0.687. The van der Waals surface area contributed by atoms with Crippen LogP contribution in [0.1, 0.15) is 36.3 Å². The summed E-state index contributed by atoms with van der Waals surface area (Å²) in [4.78, 5) is 13.1. The summed E-state index contributed by atoms with van der Waals surface area (Å²) in [6.45, 7) is 4.14. The van der Waals surface area contributed by atoms with Gasteiger partial charge in [-0.1, -0.05) is 66.7 Å². The van der Waals surface area contributed by atoms with Crippen molar-refractivity contribution in [3.63, 3.8) is 0 Å². The number of carbonyl (C=O) groups excluding carboxylic acids is 1. The summed E-state index contributed by atoms with van der Waals surface area (Å²) >= 11 is 1.45. The topological polar surface area (TPSA) is 71.8 Å². The van der Waals surface area contributed by atoms with Gasteiger partial charge in [-0.2, -0.15) is 0 Å². The van der Waals surface area contributed by atoms with E-state index in [1.807, 2.05) is 66.2 Å². The fraction of sp³-hybridized carbons (Fsp3) is 0.286. The first kappa shape index (κ1) is 18.6. The van der Waals surface area contributed by atoms with Crippen LogP contribution in [0.2, 0.25) is 0 Å². The Morgan fingerprint density at radius 2 is 1.89 bits per heavy atom. The molecule has 0 aliphatic carbocycles. The van der Waals surface area contributed by atoms with Crippen LogP contribution in [-0.4, -0.2) is 26.0 Å². The summed E-state index contributed by atoms with van der Waals surface area (Å²) in [7, 11) is 0.